The van der Waals surface area contributed by atoms with E-state index in [1.54, 1.807) is 0 Å². The number of hydrogen-bond donors (Lipinski definition) is 2. The van der Waals surface area contributed by atoms with Gasteiger partial charge in [0.1, 0.15) is 0 Å². The molecule has 4 nitrogen and oxygen atoms in total. The predicted molar refractivity (Wildman–Crippen MR) is 76.8 cm³/mol. The first-order valence-corrected chi connectivity index (χ1v) is 6.48. The number of fused-ring (bicyclic) bond motifs is 1. The van der Waals surface area contributed by atoms with Crippen molar-refractivity contribution in [1.29, 1.82) is 0 Å². The second kappa shape index (κ2) is 4.90. The van der Waals surface area contributed by atoms with Crippen molar-refractivity contribution in [1.82, 2.24) is 20.1 Å². The lowest BCUT2D eigenvalue weighted by Crippen LogP contribution is -2.12. The van der Waals surface area contributed by atoms with E-state index in [9.17, 15) is 0 Å². The number of hydrogen-bond acceptors (Lipinski definition) is 2. The van der Waals surface area contributed by atoms with Crippen molar-refractivity contribution in [3.05, 3.63) is 53.5 Å². The molecule has 0 bridgehead atoms. The van der Waals surface area contributed by atoms with Crippen LogP contribution in [0.15, 0.2) is 36.5 Å². The van der Waals surface area contributed by atoms with E-state index in [2.05, 4.69) is 63.7 Å². The Morgan fingerprint density at radius 3 is 2.89 bits per heavy atom. The van der Waals surface area contributed by atoms with E-state index >= 15 is 0 Å². The van der Waals surface area contributed by atoms with E-state index in [-0.39, 0.29) is 0 Å². The molecule has 98 valence electrons. The number of para-hydroxylation sites is 1. The number of nitrogens with zero attached hydrogens (tertiary/aromatic N) is 2. The largest absolute Gasteiger partial charge is 0.350 e. The van der Waals surface area contributed by atoms with Crippen molar-refractivity contribution in [3.8, 4) is 0 Å². The molecule has 0 aliphatic heterocycles. The van der Waals surface area contributed by atoms with Gasteiger partial charge in [0.15, 0.2) is 0 Å². The highest BCUT2D eigenvalue weighted by molar-refractivity contribution is 5.83. The average Bonchev–Trinajstić information content (AvgIpc) is 2.96. The second-order valence-corrected chi connectivity index (χ2v) is 4.93. The maximum atomic E-state index is 4.22. The minimum absolute atomic E-state index is 0.785. The van der Waals surface area contributed by atoms with Gasteiger partial charge < -0.3 is 9.88 Å². The van der Waals surface area contributed by atoms with Crippen LogP contribution in [0.2, 0.25) is 0 Å². The highest BCUT2D eigenvalue weighted by Gasteiger charge is 2.05. The van der Waals surface area contributed by atoms with Crippen molar-refractivity contribution in [2.45, 2.75) is 20.0 Å². The van der Waals surface area contributed by atoms with Crippen LogP contribution in [0.4, 0.5) is 0 Å². The van der Waals surface area contributed by atoms with Crippen LogP contribution in [0.5, 0.6) is 0 Å². The summed E-state index contributed by atoms with van der Waals surface area (Å²) in [7, 11) is 2.09. The third-order valence-electron chi connectivity index (χ3n) is 3.36. The van der Waals surface area contributed by atoms with Crippen molar-refractivity contribution in [3.63, 3.8) is 0 Å². The number of H-pyrrole nitrogens is 1. The topological polar surface area (TPSA) is 45.6 Å². The summed E-state index contributed by atoms with van der Waals surface area (Å²) in [5.41, 5.74) is 4.75. The van der Waals surface area contributed by atoms with Gasteiger partial charge in [-0.1, -0.05) is 18.2 Å². The van der Waals surface area contributed by atoms with Crippen LogP contribution < -0.4 is 5.32 Å². The molecule has 0 atom stereocenters. The molecule has 0 saturated heterocycles. The number of aromatic amines is 1. The lowest BCUT2D eigenvalue weighted by atomic mass is 10.2. The van der Waals surface area contributed by atoms with Crippen molar-refractivity contribution in [2.75, 3.05) is 0 Å². The molecule has 0 radical (unpaired) electrons. The summed E-state index contributed by atoms with van der Waals surface area (Å²) in [6.07, 6.45) is 2.19. The van der Waals surface area contributed by atoms with Crippen LogP contribution in [0, 0.1) is 6.92 Å². The van der Waals surface area contributed by atoms with Crippen molar-refractivity contribution < 1.29 is 0 Å². The molecule has 4 heteroatoms. The van der Waals surface area contributed by atoms with Gasteiger partial charge in [-0.3, -0.25) is 5.10 Å². The smallest absolute Gasteiger partial charge is 0.0762 e. The lowest BCUT2D eigenvalue weighted by molar-refractivity contribution is 0.678. The summed E-state index contributed by atoms with van der Waals surface area (Å²) < 4.78 is 2.17. The number of aromatic nitrogens is 3. The van der Waals surface area contributed by atoms with E-state index in [4.69, 9.17) is 0 Å². The molecule has 2 aromatic heterocycles. The molecule has 1 aromatic carbocycles. The zero-order chi connectivity index (χ0) is 13.2. The van der Waals surface area contributed by atoms with E-state index in [1.807, 2.05) is 6.92 Å². The molecule has 0 saturated carbocycles. The molecule has 0 unspecified atom stereocenters. The van der Waals surface area contributed by atoms with Gasteiger partial charge in [0.2, 0.25) is 0 Å². The number of rotatable bonds is 4. The monoisotopic (exact) mass is 254 g/mol. The molecule has 19 heavy (non-hydrogen) atoms. The van der Waals surface area contributed by atoms with Crippen LogP contribution >= 0.6 is 0 Å². The Bertz CT molecular complexity index is 693. The molecule has 2 heterocycles. The van der Waals surface area contributed by atoms with E-state index in [1.165, 1.54) is 16.5 Å². The summed E-state index contributed by atoms with van der Waals surface area (Å²) in [5.74, 6) is 0. The van der Waals surface area contributed by atoms with E-state index in [0.29, 0.717) is 0 Å². The first kappa shape index (κ1) is 12.0. The summed E-state index contributed by atoms with van der Waals surface area (Å²) in [6, 6.07) is 10.5. The fourth-order valence-corrected chi connectivity index (χ4v) is 2.46. The van der Waals surface area contributed by atoms with Crippen LogP contribution in [-0.4, -0.2) is 14.8 Å². The quantitative estimate of drug-likeness (QED) is 0.751. The SMILES string of the molecule is Cc1cc(CNCc2cn(C)c3ccccc23)n[nH]1. The highest BCUT2D eigenvalue weighted by Crippen LogP contribution is 2.19. The first-order chi connectivity index (χ1) is 9.24. The molecule has 0 aliphatic rings. The van der Waals surface area contributed by atoms with Crippen molar-refractivity contribution >= 4 is 10.9 Å². The molecule has 0 aliphatic carbocycles. The molecule has 0 spiro atoms. The molecule has 3 aromatic rings. The Kier molecular flexibility index (Phi) is 3.09. The highest BCUT2D eigenvalue weighted by atomic mass is 15.1. The molecule has 0 fully saturated rings. The van der Waals surface area contributed by atoms with E-state index in [0.717, 1.165) is 24.5 Å². The van der Waals surface area contributed by atoms with Gasteiger partial charge in [0.05, 0.1) is 5.69 Å². The normalized spacial score (nSPS) is 11.3. The van der Waals surface area contributed by atoms with Gasteiger partial charge in [0.25, 0.3) is 0 Å². The van der Waals surface area contributed by atoms with Crippen LogP contribution in [0.25, 0.3) is 10.9 Å². The fraction of sp³-hybridized carbons (Fsp3) is 0.267. The summed E-state index contributed by atoms with van der Waals surface area (Å²) in [5, 5.41) is 11.9. The third kappa shape index (κ3) is 2.39. The maximum absolute atomic E-state index is 4.22. The Balaban J connectivity index is 1.72. The maximum Gasteiger partial charge on any atom is 0.0762 e. The minimum atomic E-state index is 0.785. The summed E-state index contributed by atoms with van der Waals surface area (Å²) in [6.45, 7) is 3.65. The second-order valence-electron chi connectivity index (χ2n) is 4.93. The molecule has 2 N–H and O–H groups in total. The number of aryl methyl sites for hydroxylation is 2. The summed E-state index contributed by atoms with van der Waals surface area (Å²) >= 11 is 0. The average molecular weight is 254 g/mol. The Hall–Kier alpha value is -2.07. The molecular weight excluding hydrogens is 236 g/mol. The Labute approximate surface area is 112 Å². The van der Waals surface area contributed by atoms with Crippen LogP contribution in [-0.2, 0) is 20.1 Å². The van der Waals surface area contributed by atoms with Gasteiger partial charge in [0, 0.05) is 42.9 Å². The number of benzene rings is 1. The predicted octanol–water partition coefficient (Wildman–Crippen LogP) is 2.50. The minimum Gasteiger partial charge on any atom is -0.350 e. The zero-order valence-electron chi connectivity index (χ0n) is 11.3. The third-order valence-corrected chi connectivity index (χ3v) is 3.36. The number of nitrogens with one attached hydrogen (secondary N) is 2. The van der Waals surface area contributed by atoms with Crippen LogP contribution in [0.3, 0.4) is 0 Å². The Morgan fingerprint density at radius 1 is 1.26 bits per heavy atom. The first-order valence-electron chi connectivity index (χ1n) is 6.48. The standard InChI is InChI=1S/C15H18N4/c1-11-7-13(18-17-11)9-16-8-12-10-19(2)15-6-4-3-5-14(12)15/h3-7,10,16H,8-9H2,1-2H3,(H,17,18). The van der Waals surface area contributed by atoms with Gasteiger partial charge in [-0.2, -0.15) is 5.10 Å². The van der Waals surface area contributed by atoms with Gasteiger partial charge >= 0.3 is 0 Å². The molecular formula is C15H18N4. The van der Waals surface area contributed by atoms with Crippen molar-refractivity contribution in [2.24, 2.45) is 7.05 Å². The lowest BCUT2D eigenvalue weighted by Gasteiger charge is -2.01. The van der Waals surface area contributed by atoms with Gasteiger partial charge in [-0.05, 0) is 24.6 Å². The Morgan fingerprint density at radius 2 is 2.11 bits per heavy atom. The van der Waals surface area contributed by atoms with E-state index < -0.39 is 0 Å². The summed E-state index contributed by atoms with van der Waals surface area (Å²) in [4.78, 5) is 0. The van der Waals surface area contributed by atoms with Gasteiger partial charge in [-0.25, -0.2) is 0 Å². The molecule has 3 rings (SSSR count). The fourth-order valence-electron chi connectivity index (χ4n) is 2.46. The van der Waals surface area contributed by atoms with Crippen LogP contribution in [0.1, 0.15) is 17.0 Å². The zero-order valence-corrected chi connectivity index (χ0v) is 11.3. The van der Waals surface area contributed by atoms with Gasteiger partial charge in [-0.15, -0.1) is 0 Å². The molecule has 0 amide bonds.